The van der Waals surface area contributed by atoms with Crippen molar-refractivity contribution < 1.29 is 4.74 Å². The zero-order valence-corrected chi connectivity index (χ0v) is 17.5. The van der Waals surface area contributed by atoms with Crippen molar-refractivity contribution in [1.82, 2.24) is 14.5 Å². The molecule has 5 heterocycles. The minimum absolute atomic E-state index is 0.128. The fourth-order valence-corrected chi connectivity index (χ4v) is 5.31. The summed E-state index contributed by atoms with van der Waals surface area (Å²) >= 11 is 0. The van der Waals surface area contributed by atoms with Crippen LogP contribution in [0.15, 0.2) is 23.0 Å². The summed E-state index contributed by atoms with van der Waals surface area (Å²) in [4.78, 5) is 23.5. The third-order valence-electron chi connectivity index (χ3n) is 7.10. The van der Waals surface area contributed by atoms with E-state index in [-0.39, 0.29) is 5.56 Å². The topological polar surface area (TPSA) is 50.6 Å². The Kier molecular flexibility index (Phi) is 5.31. The lowest BCUT2D eigenvalue weighted by molar-refractivity contribution is 0.0606. The van der Waals surface area contributed by atoms with Gasteiger partial charge in [-0.2, -0.15) is 0 Å². The zero-order valence-electron chi connectivity index (χ0n) is 17.5. The third-order valence-corrected chi connectivity index (χ3v) is 7.10. The Morgan fingerprint density at radius 2 is 1.86 bits per heavy atom. The molecule has 4 saturated heterocycles. The Balaban J connectivity index is 1.52. The van der Waals surface area contributed by atoms with E-state index in [0.717, 1.165) is 68.8 Å². The number of hydrogen-bond donors (Lipinski definition) is 0. The van der Waals surface area contributed by atoms with Gasteiger partial charge >= 0.3 is 0 Å². The number of aryl methyl sites for hydroxylation is 1. The first kappa shape index (κ1) is 19.1. The van der Waals surface area contributed by atoms with Crippen LogP contribution in [0, 0.1) is 5.92 Å². The average Bonchev–Trinajstić information content (AvgIpc) is 3.10. The van der Waals surface area contributed by atoms with Gasteiger partial charge in [0.25, 0.3) is 5.56 Å². The molecule has 6 rings (SSSR count). The van der Waals surface area contributed by atoms with Crippen LogP contribution in [0.5, 0.6) is 0 Å². The van der Waals surface area contributed by atoms with Gasteiger partial charge in [-0.1, -0.05) is 6.92 Å². The number of fused-ring (bicyclic) bond motifs is 5. The largest absolute Gasteiger partial charge is 0.381 e. The minimum atomic E-state index is 0.128. The van der Waals surface area contributed by atoms with E-state index in [2.05, 4.69) is 34.9 Å². The second-order valence-electron chi connectivity index (χ2n) is 8.82. The van der Waals surface area contributed by atoms with Crippen molar-refractivity contribution in [3.8, 4) is 0 Å². The molecule has 4 aliphatic heterocycles. The van der Waals surface area contributed by atoms with Crippen LogP contribution in [0.25, 0.3) is 10.9 Å². The molecule has 29 heavy (non-hydrogen) atoms. The average molecular weight is 397 g/mol. The first-order valence-corrected chi connectivity index (χ1v) is 11.3. The Labute approximate surface area is 172 Å². The fraction of sp³-hybridized carbons (Fsp3) is 0.652. The van der Waals surface area contributed by atoms with Crippen LogP contribution in [0.2, 0.25) is 0 Å². The molecule has 4 aliphatic rings. The van der Waals surface area contributed by atoms with Gasteiger partial charge in [-0.15, -0.1) is 0 Å². The molecule has 0 spiro atoms. The SMILES string of the molecule is CCc1nc2ccc(N3CCN4CCC3CC4)cc2c(=O)n1CC1CCOCC1. The van der Waals surface area contributed by atoms with Crippen molar-refractivity contribution in [3.05, 3.63) is 34.4 Å². The molecule has 4 fully saturated rings. The van der Waals surface area contributed by atoms with Crippen LogP contribution < -0.4 is 10.5 Å². The monoisotopic (exact) mass is 396 g/mol. The van der Waals surface area contributed by atoms with E-state index in [0.29, 0.717) is 12.0 Å². The number of piperidine rings is 1. The third kappa shape index (κ3) is 3.68. The maximum atomic E-state index is 13.5. The highest BCUT2D eigenvalue weighted by Gasteiger charge is 2.29. The number of ether oxygens (including phenoxy) is 1. The molecule has 1 aromatic carbocycles. The van der Waals surface area contributed by atoms with Crippen LogP contribution in [-0.2, 0) is 17.7 Å². The van der Waals surface area contributed by atoms with Crippen molar-refractivity contribution >= 4 is 16.6 Å². The number of anilines is 1. The summed E-state index contributed by atoms with van der Waals surface area (Å²) in [5.74, 6) is 1.41. The van der Waals surface area contributed by atoms with Gasteiger partial charge in [0.15, 0.2) is 0 Å². The van der Waals surface area contributed by atoms with E-state index in [1.165, 1.54) is 31.6 Å². The standard InChI is InChI=1S/C23H32N4O2/c1-2-22-24-21-4-3-19(26-12-11-25-9-5-18(26)6-10-25)15-20(21)23(28)27(22)16-17-7-13-29-14-8-17/h3-4,15,17-18H,2,5-14,16H2,1H3. The Morgan fingerprint density at radius 3 is 2.62 bits per heavy atom. The Bertz CT molecular complexity index is 926. The number of aromatic nitrogens is 2. The second kappa shape index (κ2) is 8.07. The van der Waals surface area contributed by atoms with Gasteiger partial charge in [0, 0.05) is 64.1 Å². The Hall–Kier alpha value is -1.92. The lowest BCUT2D eigenvalue weighted by atomic mass is 10.00. The molecule has 1 aromatic heterocycles. The summed E-state index contributed by atoms with van der Waals surface area (Å²) in [7, 11) is 0. The molecule has 0 radical (unpaired) electrons. The van der Waals surface area contributed by atoms with Gasteiger partial charge in [-0.3, -0.25) is 9.36 Å². The number of hydrogen-bond acceptors (Lipinski definition) is 5. The summed E-state index contributed by atoms with van der Waals surface area (Å²) in [5.41, 5.74) is 2.15. The maximum Gasteiger partial charge on any atom is 0.261 e. The van der Waals surface area contributed by atoms with Gasteiger partial charge in [0.1, 0.15) is 5.82 Å². The summed E-state index contributed by atoms with van der Waals surface area (Å²) in [5, 5.41) is 0.769. The van der Waals surface area contributed by atoms with Crippen molar-refractivity contribution in [2.45, 2.75) is 51.6 Å². The van der Waals surface area contributed by atoms with Crippen molar-refractivity contribution in [2.75, 3.05) is 44.3 Å². The lowest BCUT2D eigenvalue weighted by Crippen LogP contribution is -2.38. The summed E-state index contributed by atoms with van der Waals surface area (Å²) < 4.78 is 7.45. The van der Waals surface area contributed by atoms with Crippen LogP contribution in [0.3, 0.4) is 0 Å². The van der Waals surface area contributed by atoms with Gasteiger partial charge in [0.2, 0.25) is 0 Å². The molecule has 0 N–H and O–H groups in total. The smallest absolute Gasteiger partial charge is 0.261 e. The normalized spacial score (nSPS) is 25.5. The van der Waals surface area contributed by atoms with Crippen LogP contribution in [0.4, 0.5) is 5.69 Å². The molecule has 0 amide bonds. The quantitative estimate of drug-likeness (QED) is 0.795. The number of rotatable bonds is 4. The predicted octanol–water partition coefficient (Wildman–Crippen LogP) is 2.67. The van der Waals surface area contributed by atoms with Crippen molar-refractivity contribution in [2.24, 2.45) is 5.92 Å². The Morgan fingerprint density at radius 1 is 1.07 bits per heavy atom. The molecule has 0 unspecified atom stereocenters. The summed E-state index contributed by atoms with van der Waals surface area (Å²) in [6.45, 7) is 9.04. The molecule has 156 valence electrons. The van der Waals surface area contributed by atoms with Crippen molar-refractivity contribution in [1.29, 1.82) is 0 Å². The molecule has 2 aromatic rings. The first-order valence-electron chi connectivity index (χ1n) is 11.3. The summed E-state index contributed by atoms with van der Waals surface area (Å²) in [6.07, 6.45) is 5.28. The number of nitrogens with zero attached hydrogens (tertiary/aromatic N) is 4. The molecule has 2 bridgehead atoms. The predicted molar refractivity (Wildman–Crippen MR) is 116 cm³/mol. The highest BCUT2D eigenvalue weighted by Crippen LogP contribution is 2.28. The maximum absolute atomic E-state index is 13.5. The zero-order chi connectivity index (χ0) is 19.8. The first-order chi connectivity index (χ1) is 14.2. The van der Waals surface area contributed by atoms with E-state index < -0.39 is 0 Å². The molecular formula is C23H32N4O2. The van der Waals surface area contributed by atoms with E-state index >= 15 is 0 Å². The highest BCUT2D eigenvalue weighted by molar-refractivity contribution is 5.82. The van der Waals surface area contributed by atoms with Gasteiger partial charge in [-0.25, -0.2) is 4.98 Å². The molecule has 0 aliphatic carbocycles. The van der Waals surface area contributed by atoms with E-state index in [1.54, 1.807) is 0 Å². The van der Waals surface area contributed by atoms with E-state index in [4.69, 9.17) is 9.72 Å². The van der Waals surface area contributed by atoms with Crippen molar-refractivity contribution in [3.63, 3.8) is 0 Å². The highest BCUT2D eigenvalue weighted by atomic mass is 16.5. The molecular weight excluding hydrogens is 364 g/mol. The molecule has 6 nitrogen and oxygen atoms in total. The van der Waals surface area contributed by atoms with E-state index in [1.807, 2.05) is 4.57 Å². The number of benzene rings is 1. The molecule has 0 saturated carbocycles. The lowest BCUT2D eigenvalue weighted by Gasteiger charge is -2.33. The van der Waals surface area contributed by atoms with Crippen LogP contribution in [0.1, 0.15) is 38.4 Å². The van der Waals surface area contributed by atoms with Crippen LogP contribution in [-0.4, -0.2) is 59.9 Å². The van der Waals surface area contributed by atoms with Gasteiger partial charge in [-0.05, 0) is 49.8 Å². The summed E-state index contributed by atoms with van der Waals surface area (Å²) in [6, 6.07) is 6.93. The van der Waals surface area contributed by atoms with Crippen LogP contribution >= 0.6 is 0 Å². The molecule has 6 heteroatoms. The van der Waals surface area contributed by atoms with Gasteiger partial charge < -0.3 is 14.5 Å². The fourth-order valence-electron chi connectivity index (χ4n) is 5.31. The minimum Gasteiger partial charge on any atom is -0.381 e. The molecule has 0 atom stereocenters. The van der Waals surface area contributed by atoms with E-state index in [9.17, 15) is 4.79 Å². The van der Waals surface area contributed by atoms with Gasteiger partial charge in [0.05, 0.1) is 10.9 Å². The second-order valence-corrected chi connectivity index (χ2v) is 8.82.